The van der Waals surface area contributed by atoms with E-state index in [0.29, 0.717) is 0 Å². The zero-order valence-corrected chi connectivity index (χ0v) is 8.54. The van der Waals surface area contributed by atoms with E-state index >= 15 is 0 Å². The summed E-state index contributed by atoms with van der Waals surface area (Å²) in [6.07, 6.45) is 5.74. The quantitative estimate of drug-likeness (QED) is 0.649. The van der Waals surface area contributed by atoms with E-state index in [2.05, 4.69) is 5.32 Å². The minimum atomic E-state index is 0.0878. The Morgan fingerprint density at radius 1 is 1.21 bits per heavy atom. The molecule has 14 heavy (non-hydrogen) atoms. The van der Waals surface area contributed by atoms with Crippen LogP contribution in [0.3, 0.4) is 0 Å². The lowest BCUT2D eigenvalue weighted by Gasteiger charge is -2.20. The number of nitrogens with two attached hydrogens (primary N) is 1. The molecule has 0 bridgehead atoms. The van der Waals surface area contributed by atoms with E-state index < -0.39 is 0 Å². The summed E-state index contributed by atoms with van der Waals surface area (Å²) >= 11 is 0. The van der Waals surface area contributed by atoms with Crippen molar-refractivity contribution in [1.82, 2.24) is 10.2 Å². The van der Waals surface area contributed by atoms with Gasteiger partial charge in [0, 0.05) is 25.2 Å². The molecule has 2 fully saturated rings. The topological polar surface area (TPSA) is 58.4 Å². The number of carbonyl (C=O) groups excluding carboxylic acids is 1. The van der Waals surface area contributed by atoms with Crippen molar-refractivity contribution < 1.29 is 4.79 Å². The van der Waals surface area contributed by atoms with E-state index in [1.807, 2.05) is 4.90 Å². The van der Waals surface area contributed by atoms with Gasteiger partial charge in [0.25, 0.3) is 0 Å². The molecule has 2 amide bonds. The maximum atomic E-state index is 11.7. The van der Waals surface area contributed by atoms with E-state index in [-0.39, 0.29) is 18.1 Å². The molecule has 4 nitrogen and oxygen atoms in total. The van der Waals surface area contributed by atoms with Crippen LogP contribution in [-0.2, 0) is 0 Å². The van der Waals surface area contributed by atoms with Crippen LogP contribution in [-0.4, -0.2) is 36.1 Å². The number of hydrogen-bond acceptors (Lipinski definition) is 2. The maximum Gasteiger partial charge on any atom is 0.317 e. The van der Waals surface area contributed by atoms with Crippen LogP contribution in [0.4, 0.5) is 4.79 Å². The molecule has 1 saturated carbocycles. The van der Waals surface area contributed by atoms with Crippen LogP contribution in [0.5, 0.6) is 0 Å². The highest BCUT2D eigenvalue weighted by Crippen LogP contribution is 2.18. The third-order valence-electron chi connectivity index (χ3n) is 3.04. The number of urea groups is 1. The first-order valence-electron chi connectivity index (χ1n) is 5.58. The summed E-state index contributed by atoms with van der Waals surface area (Å²) in [6, 6.07) is 0.529. The molecular formula is C10H19N3O. The Labute approximate surface area is 84.8 Å². The minimum Gasteiger partial charge on any atom is -0.334 e. The Morgan fingerprint density at radius 3 is 2.29 bits per heavy atom. The number of carbonyl (C=O) groups is 1. The van der Waals surface area contributed by atoms with Crippen molar-refractivity contribution in [3.05, 3.63) is 0 Å². The van der Waals surface area contributed by atoms with E-state index in [4.69, 9.17) is 5.73 Å². The normalized spacial score (nSPS) is 32.2. The van der Waals surface area contributed by atoms with Gasteiger partial charge in [-0.05, 0) is 19.3 Å². The van der Waals surface area contributed by atoms with Crippen LogP contribution in [0.25, 0.3) is 0 Å². The van der Waals surface area contributed by atoms with E-state index in [1.54, 1.807) is 0 Å². The number of rotatable bonds is 1. The highest BCUT2D eigenvalue weighted by atomic mass is 16.2. The van der Waals surface area contributed by atoms with Crippen LogP contribution >= 0.6 is 0 Å². The summed E-state index contributed by atoms with van der Waals surface area (Å²) in [4.78, 5) is 13.6. The zero-order valence-electron chi connectivity index (χ0n) is 8.54. The molecular weight excluding hydrogens is 178 g/mol. The predicted molar refractivity (Wildman–Crippen MR) is 55.0 cm³/mol. The molecule has 2 unspecified atom stereocenters. The number of nitrogens with one attached hydrogen (secondary N) is 1. The van der Waals surface area contributed by atoms with E-state index in [9.17, 15) is 4.79 Å². The average Bonchev–Trinajstić information content (AvgIpc) is 2.89. The maximum absolute atomic E-state index is 11.7. The second kappa shape index (κ2) is 4.17. The molecule has 1 aliphatic heterocycles. The van der Waals surface area contributed by atoms with Crippen molar-refractivity contribution in [3.63, 3.8) is 0 Å². The molecule has 0 aromatic carbocycles. The molecule has 0 radical (unpaired) electrons. The summed E-state index contributed by atoms with van der Waals surface area (Å²) < 4.78 is 0. The highest BCUT2D eigenvalue weighted by molar-refractivity contribution is 5.75. The lowest BCUT2D eigenvalue weighted by atomic mass is 10.2. The van der Waals surface area contributed by atoms with Gasteiger partial charge in [0.1, 0.15) is 0 Å². The first-order valence-corrected chi connectivity index (χ1v) is 5.58. The van der Waals surface area contributed by atoms with Crippen molar-refractivity contribution in [3.8, 4) is 0 Å². The van der Waals surface area contributed by atoms with Crippen LogP contribution in [0, 0.1) is 0 Å². The molecule has 1 aliphatic carbocycles. The first-order chi connectivity index (χ1) is 6.77. The van der Waals surface area contributed by atoms with Gasteiger partial charge in [-0.15, -0.1) is 0 Å². The fourth-order valence-corrected chi connectivity index (χ4v) is 1.90. The Kier molecular flexibility index (Phi) is 2.91. The molecule has 1 saturated heterocycles. The molecule has 0 aromatic rings. The van der Waals surface area contributed by atoms with Crippen molar-refractivity contribution in [2.24, 2.45) is 5.73 Å². The number of hydrogen-bond donors (Lipinski definition) is 2. The predicted octanol–water partition coefficient (Wildman–Crippen LogP) is 0.672. The van der Waals surface area contributed by atoms with Crippen molar-refractivity contribution >= 4 is 6.03 Å². The van der Waals surface area contributed by atoms with Gasteiger partial charge >= 0.3 is 6.03 Å². The largest absolute Gasteiger partial charge is 0.334 e. The Balaban J connectivity index is 1.77. The van der Waals surface area contributed by atoms with Crippen LogP contribution in [0.2, 0.25) is 0 Å². The van der Waals surface area contributed by atoms with Gasteiger partial charge in [-0.25, -0.2) is 4.79 Å². The number of nitrogens with zero attached hydrogens (tertiary/aromatic N) is 1. The van der Waals surface area contributed by atoms with Gasteiger partial charge in [0.05, 0.1) is 0 Å². The second-order valence-corrected chi connectivity index (χ2v) is 4.36. The zero-order chi connectivity index (χ0) is 9.97. The van der Waals surface area contributed by atoms with Crippen LogP contribution in [0.1, 0.15) is 32.1 Å². The van der Waals surface area contributed by atoms with Gasteiger partial charge in [0.15, 0.2) is 0 Å². The van der Waals surface area contributed by atoms with Crippen molar-refractivity contribution in [1.29, 1.82) is 0 Å². The standard InChI is InChI=1S/C10H19N3O/c11-8-7-9(8)12-10(14)13-5-3-1-2-4-6-13/h8-9H,1-7,11H2,(H,12,14). The first kappa shape index (κ1) is 9.77. The van der Waals surface area contributed by atoms with Gasteiger partial charge in [-0.3, -0.25) is 0 Å². The number of amides is 2. The van der Waals surface area contributed by atoms with Gasteiger partial charge in [0.2, 0.25) is 0 Å². The van der Waals surface area contributed by atoms with E-state index in [0.717, 1.165) is 32.4 Å². The molecule has 2 aliphatic rings. The van der Waals surface area contributed by atoms with Gasteiger partial charge in [-0.2, -0.15) is 0 Å². The molecule has 0 aromatic heterocycles. The Morgan fingerprint density at radius 2 is 1.79 bits per heavy atom. The summed E-state index contributed by atoms with van der Waals surface area (Å²) in [5.41, 5.74) is 5.64. The molecule has 2 rings (SSSR count). The average molecular weight is 197 g/mol. The lowest BCUT2D eigenvalue weighted by molar-refractivity contribution is 0.199. The van der Waals surface area contributed by atoms with Crippen LogP contribution < -0.4 is 11.1 Å². The summed E-state index contributed by atoms with van der Waals surface area (Å²) in [6.45, 7) is 1.82. The number of likely N-dealkylation sites (tertiary alicyclic amines) is 1. The van der Waals surface area contributed by atoms with Crippen LogP contribution in [0.15, 0.2) is 0 Å². The highest BCUT2D eigenvalue weighted by Gasteiger charge is 2.35. The van der Waals surface area contributed by atoms with Gasteiger partial charge < -0.3 is 16.0 Å². The molecule has 0 spiro atoms. The summed E-state index contributed by atoms with van der Waals surface area (Å²) in [7, 11) is 0. The summed E-state index contributed by atoms with van der Waals surface area (Å²) in [5.74, 6) is 0. The SMILES string of the molecule is NC1CC1NC(=O)N1CCCCCC1. The van der Waals surface area contributed by atoms with Gasteiger partial charge in [-0.1, -0.05) is 12.8 Å². The molecule has 1 heterocycles. The Hall–Kier alpha value is -0.770. The minimum absolute atomic E-state index is 0.0878. The molecule has 3 N–H and O–H groups in total. The molecule has 4 heteroatoms. The third kappa shape index (κ3) is 2.38. The van der Waals surface area contributed by atoms with E-state index in [1.165, 1.54) is 12.8 Å². The fourth-order valence-electron chi connectivity index (χ4n) is 1.90. The Bertz CT molecular complexity index is 211. The van der Waals surface area contributed by atoms with Crippen molar-refractivity contribution in [2.45, 2.75) is 44.2 Å². The monoisotopic (exact) mass is 197 g/mol. The molecule has 80 valence electrons. The third-order valence-corrected chi connectivity index (χ3v) is 3.04. The fraction of sp³-hybridized carbons (Fsp3) is 0.900. The molecule has 2 atom stereocenters. The summed E-state index contributed by atoms with van der Waals surface area (Å²) in [5, 5.41) is 2.96. The second-order valence-electron chi connectivity index (χ2n) is 4.36. The lowest BCUT2D eigenvalue weighted by Crippen LogP contribution is -2.42. The smallest absolute Gasteiger partial charge is 0.317 e. The van der Waals surface area contributed by atoms with Crippen molar-refractivity contribution in [2.75, 3.05) is 13.1 Å².